The van der Waals surface area contributed by atoms with Crippen LogP contribution in [0.1, 0.15) is 6.42 Å². The van der Waals surface area contributed by atoms with Crippen molar-refractivity contribution >= 4 is 5.69 Å². The molecule has 100 valence electrons. The second-order valence-electron chi connectivity index (χ2n) is 4.63. The summed E-state index contributed by atoms with van der Waals surface area (Å²) in [6.45, 7) is 2.46. The molecule has 1 heterocycles. The van der Waals surface area contributed by atoms with Crippen LogP contribution in [0.5, 0.6) is 5.75 Å². The molecular weight excluding hydrogens is 232 g/mol. The van der Waals surface area contributed by atoms with Gasteiger partial charge in [0.15, 0.2) is 0 Å². The van der Waals surface area contributed by atoms with Gasteiger partial charge in [0.25, 0.3) is 0 Å². The Bertz CT molecular complexity index is 376. The lowest BCUT2D eigenvalue weighted by Gasteiger charge is -2.15. The number of hydrogen-bond acceptors (Lipinski definition) is 5. The molecule has 0 bridgehead atoms. The van der Waals surface area contributed by atoms with E-state index < -0.39 is 12.2 Å². The van der Waals surface area contributed by atoms with Gasteiger partial charge in [-0.05, 0) is 18.6 Å². The molecule has 5 nitrogen and oxygen atoms in total. The summed E-state index contributed by atoms with van der Waals surface area (Å²) < 4.78 is 5.57. The number of para-hydroxylation sites is 2. The first kappa shape index (κ1) is 13.1. The summed E-state index contributed by atoms with van der Waals surface area (Å²) in [4.78, 5) is 2.03. The molecular formula is C13H20N2O3. The van der Waals surface area contributed by atoms with E-state index in [4.69, 9.17) is 10.5 Å². The third-order valence-electron chi connectivity index (χ3n) is 3.13. The maximum Gasteiger partial charge on any atom is 0.142 e. The predicted octanol–water partition coefficient (Wildman–Crippen LogP) is 0.0751. The number of aliphatic hydroxyl groups is 2. The minimum atomic E-state index is -0.615. The minimum absolute atomic E-state index is 0.536. The Morgan fingerprint density at radius 1 is 1.22 bits per heavy atom. The van der Waals surface area contributed by atoms with Crippen LogP contribution in [0.25, 0.3) is 0 Å². The van der Waals surface area contributed by atoms with Gasteiger partial charge in [-0.1, -0.05) is 12.1 Å². The quantitative estimate of drug-likeness (QED) is 0.511. The van der Waals surface area contributed by atoms with E-state index in [1.165, 1.54) is 0 Å². The third kappa shape index (κ3) is 3.35. The van der Waals surface area contributed by atoms with Crippen LogP contribution in [-0.2, 0) is 0 Å². The molecule has 18 heavy (non-hydrogen) atoms. The van der Waals surface area contributed by atoms with Gasteiger partial charge in [-0.25, -0.2) is 0 Å². The predicted molar refractivity (Wildman–Crippen MR) is 69.4 cm³/mol. The molecule has 0 aromatic heterocycles. The van der Waals surface area contributed by atoms with E-state index in [1.54, 1.807) is 0 Å². The molecule has 2 atom stereocenters. The Morgan fingerprint density at radius 3 is 2.56 bits per heavy atom. The molecule has 2 rings (SSSR count). The summed E-state index contributed by atoms with van der Waals surface area (Å²) in [7, 11) is 0. The van der Waals surface area contributed by atoms with Crippen LogP contribution in [0.15, 0.2) is 24.3 Å². The van der Waals surface area contributed by atoms with E-state index in [-0.39, 0.29) is 0 Å². The molecule has 5 heteroatoms. The van der Waals surface area contributed by atoms with Crippen molar-refractivity contribution in [3.63, 3.8) is 0 Å². The average molecular weight is 252 g/mol. The van der Waals surface area contributed by atoms with Crippen molar-refractivity contribution < 1.29 is 14.9 Å². The number of rotatable bonds is 5. The average Bonchev–Trinajstić information content (AvgIpc) is 2.66. The Balaban J connectivity index is 1.66. The van der Waals surface area contributed by atoms with Crippen LogP contribution in [0, 0.1) is 0 Å². The fraction of sp³-hybridized carbons (Fsp3) is 0.538. The van der Waals surface area contributed by atoms with Gasteiger partial charge in [0, 0.05) is 19.6 Å². The van der Waals surface area contributed by atoms with Gasteiger partial charge in [-0.15, -0.1) is 0 Å². The van der Waals surface area contributed by atoms with Crippen molar-refractivity contribution in [3.8, 4) is 5.75 Å². The van der Waals surface area contributed by atoms with Crippen LogP contribution in [0.2, 0.25) is 0 Å². The molecule has 2 unspecified atom stereocenters. The van der Waals surface area contributed by atoms with Gasteiger partial charge in [-0.3, -0.25) is 4.90 Å². The largest absolute Gasteiger partial charge is 0.491 e. The van der Waals surface area contributed by atoms with Crippen molar-refractivity contribution in [2.24, 2.45) is 0 Å². The fourth-order valence-corrected chi connectivity index (χ4v) is 2.11. The Hall–Kier alpha value is -1.30. The highest BCUT2D eigenvalue weighted by atomic mass is 16.5. The molecule has 0 radical (unpaired) electrons. The number of anilines is 1. The third-order valence-corrected chi connectivity index (χ3v) is 3.13. The molecule has 0 aliphatic carbocycles. The number of nitrogen functional groups attached to an aromatic ring is 1. The topological polar surface area (TPSA) is 79.0 Å². The number of likely N-dealkylation sites (tertiary alicyclic amines) is 1. The fourth-order valence-electron chi connectivity index (χ4n) is 2.11. The highest BCUT2D eigenvalue weighted by Crippen LogP contribution is 2.19. The van der Waals surface area contributed by atoms with Gasteiger partial charge in [-0.2, -0.15) is 0 Å². The summed E-state index contributed by atoms with van der Waals surface area (Å²) >= 11 is 0. The molecule has 0 saturated carbocycles. The second kappa shape index (κ2) is 6.04. The molecule has 4 N–H and O–H groups in total. The lowest BCUT2D eigenvalue weighted by molar-refractivity contribution is 0.0572. The number of aliphatic hydroxyl groups excluding tert-OH is 2. The molecule has 0 spiro atoms. The highest BCUT2D eigenvalue weighted by Gasteiger charge is 2.28. The second-order valence-corrected chi connectivity index (χ2v) is 4.63. The number of nitrogens with zero attached hydrogens (tertiary/aromatic N) is 1. The van der Waals surface area contributed by atoms with Gasteiger partial charge >= 0.3 is 0 Å². The van der Waals surface area contributed by atoms with Crippen molar-refractivity contribution in [2.45, 2.75) is 18.6 Å². The monoisotopic (exact) mass is 252 g/mol. The van der Waals surface area contributed by atoms with E-state index in [0.29, 0.717) is 31.1 Å². The summed E-state index contributed by atoms with van der Waals surface area (Å²) in [5.41, 5.74) is 6.40. The number of nitrogens with two attached hydrogens (primary N) is 1. The van der Waals surface area contributed by atoms with Gasteiger partial charge < -0.3 is 20.7 Å². The zero-order valence-corrected chi connectivity index (χ0v) is 10.3. The molecule has 1 aromatic carbocycles. The standard InChI is InChI=1S/C13H20N2O3/c14-10-4-1-2-5-13(10)18-7-3-6-15-8-11(16)12(17)9-15/h1-2,4-5,11-12,16-17H,3,6-9,14H2. The lowest BCUT2D eigenvalue weighted by Crippen LogP contribution is -2.24. The number of ether oxygens (including phenoxy) is 1. The molecule has 1 fully saturated rings. The van der Waals surface area contributed by atoms with Crippen molar-refractivity contribution in [2.75, 3.05) is 32.0 Å². The van der Waals surface area contributed by atoms with E-state index in [9.17, 15) is 10.2 Å². The van der Waals surface area contributed by atoms with Crippen LogP contribution in [0.3, 0.4) is 0 Å². The normalized spacial score (nSPS) is 24.3. The maximum atomic E-state index is 9.40. The van der Waals surface area contributed by atoms with Crippen LogP contribution in [-0.4, -0.2) is 53.6 Å². The van der Waals surface area contributed by atoms with Crippen molar-refractivity contribution in [1.29, 1.82) is 0 Å². The van der Waals surface area contributed by atoms with E-state index in [1.807, 2.05) is 29.2 Å². The summed E-state index contributed by atoms with van der Waals surface area (Å²) in [6.07, 6.45) is -0.389. The summed E-state index contributed by atoms with van der Waals surface area (Å²) in [5.74, 6) is 0.707. The lowest BCUT2D eigenvalue weighted by atomic mass is 10.3. The molecule has 1 saturated heterocycles. The number of β-amino-alcohol motifs (C(OH)–C–C–N with tert-alkyl or cyclic N) is 2. The van der Waals surface area contributed by atoms with Crippen LogP contribution < -0.4 is 10.5 Å². The van der Waals surface area contributed by atoms with E-state index in [2.05, 4.69) is 0 Å². The Labute approximate surface area is 107 Å². The summed E-state index contributed by atoms with van der Waals surface area (Å²) in [5, 5.41) is 18.8. The SMILES string of the molecule is Nc1ccccc1OCCCN1CC(O)C(O)C1. The van der Waals surface area contributed by atoms with Gasteiger partial charge in [0.2, 0.25) is 0 Å². The first-order valence-electron chi connectivity index (χ1n) is 6.22. The van der Waals surface area contributed by atoms with Crippen molar-refractivity contribution in [3.05, 3.63) is 24.3 Å². The van der Waals surface area contributed by atoms with Gasteiger partial charge in [0.05, 0.1) is 24.5 Å². The number of hydrogen-bond donors (Lipinski definition) is 3. The molecule has 0 amide bonds. The Kier molecular flexibility index (Phi) is 4.41. The van der Waals surface area contributed by atoms with Crippen molar-refractivity contribution in [1.82, 2.24) is 4.90 Å². The van der Waals surface area contributed by atoms with Crippen LogP contribution >= 0.6 is 0 Å². The zero-order valence-electron chi connectivity index (χ0n) is 10.3. The first-order valence-corrected chi connectivity index (χ1v) is 6.22. The molecule has 1 aliphatic heterocycles. The zero-order chi connectivity index (χ0) is 13.0. The Morgan fingerprint density at radius 2 is 1.89 bits per heavy atom. The van der Waals surface area contributed by atoms with Crippen LogP contribution in [0.4, 0.5) is 5.69 Å². The molecule has 1 aliphatic rings. The van der Waals surface area contributed by atoms with E-state index in [0.717, 1.165) is 13.0 Å². The maximum absolute atomic E-state index is 9.40. The summed E-state index contributed by atoms with van der Waals surface area (Å²) in [6, 6.07) is 7.41. The minimum Gasteiger partial charge on any atom is -0.491 e. The van der Waals surface area contributed by atoms with E-state index >= 15 is 0 Å². The smallest absolute Gasteiger partial charge is 0.142 e. The first-order chi connectivity index (χ1) is 8.66. The highest BCUT2D eigenvalue weighted by molar-refractivity contribution is 5.51. The molecule has 1 aromatic rings. The van der Waals surface area contributed by atoms with Gasteiger partial charge in [0.1, 0.15) is 5.75 Å². The number of benzene rings is 1.